The van der Waals surface area contributed by atoms with E-state index in [1.54, 1.807) is 19.9 Å². The van der Waals surface area contributed by atoms with Gasteiger partial charge >= 0.3 is 0 Å². The minimum atomic E-state index is -0.254. The normalized spacial score (nSPS) is 12.6. The van der Waals surface area contributed by atoms with Gasteiger partial charge in [-0.1, -0.05) is 12.1 Å². The lowest BCUT2D eigenvalue weighted by Gasteiger charge is -2.14. The van der Waals surface area contributed by atoms with Gasteiger partial charge in [0.1, 0.15) is 0 Å². The molecule has 2 rings (SSSR count). The summed E-state index contributed by atoms with van der Waals surface area (Å²) in [5.41, 5.74) is 2.16. The molecule has 6 nitrogen and oxygen atoms in total. The molecule has 2 N–H and O–H groups in total. The summed E-state index contributed by atoms with van der Waals surface area (Å²) in [7, 11) is 0. The molecular weight excluding hydrogens is 246 g/mol. The van der Waals surface area contributed by atoms with Crippen LogP contribution in [0.15, 0.2) is 10.6 Å². The highest BCUT2D eigenvalue weighted by Crippen LogP contribution is 2.21. The molecular formula is C13H17N3O3. The van der Waals surface area contributed by atoms with Crippen LogP contribution in [0.1, 0.15) is 35.1 Å². The van der Waals surface area contributed by atoms with E-state index in [-0.39, 0.29) is 18.6 Å². The Morgan fingerprint density at radius 3 is 2.89 bits per heavy atom. The summed E-state index contributed by atoms with van der Waals surface area (Å²) in [4.78, 5) is 16.5. The predicted octanol–water partition coefficient (Wildman–Crippen LogP) is 1.34. The second kappa shape index (κ2) is 5.36. The van der Waals surface area contributed by atoms with Crippen molar-refractivity contribution in [1.82, 2.24) is 15.5 Å². The molecule has 0 fully saturated rings. The average Bonchev–Trinajstić information content (AvgIpc) is 2.76. The molecule has 102 valence electrons. The Morgan fingerprint density at radius 1 is 1.53 bits per heavy atom. The van der Waals surface area contributed by atoms with Crippen molar-refractivity contribution < 1.29 is 14.4 Å². The lowest BCUT2D eigenvalue weighted by atomic mass is 10.1. The molecule has 0 aliphatic carbocycles. The van der Waals surface area contributed by atoms with E-state index in [4.69, 9.17) is 9.63 Å². The number of rotatable bonds is 4. The van der Waals surface area contributed by atoms with Crippen molar-refractivity contribution in [3.63, 3.8) is 0 Å². The van der Waals surface area contributed by atoms with Crippen LogP contribution in [0.4, 0.5) is 0 Å². The number of aliphatic hydroxyl groups excluding tert-OH is 1. The maximum absolute atomic E-state index is 12.3. The summed E-state index contributed by atoms with van der Waals surface area (Å²) in [5.74, 6) is -0.247. The van der Waals surface area contributed by atoms with Crippen molar-refractivity contribution in [2.45, 2.75) is 33.2 Å². The highest BCUT2D eigenvalue weighted by atomic mass is 16.5. The van der Waals surface area contributed by atoms with Crippen LogP contribution in [0.3, 0.4) is 0 Å². The van der Waals surface area contributed by atoms with Gasteiger partial charge < -0.3 is 14.9 Å². The van der Waals surface area contributed by atoms with E-state index in [0.29, 0.717) is 34.5 Å². The van der Waals surface area contributed by atoms with Gasteiger partial charge in [-0.05, 0) is 26.3 Å². The van der Waals surface area contributed by atoms with E-state index in [9.17, 15) is 4.79 Å². The van der Waals surface area contributed by atoms with Crippen LogP contribution in [0.5, 0.6) is 0 Å². The molecule has 1 unspecified atom stereocenters. The molecule has 0 aliphatic rings. The zero-order valence-corrected chi connectivity index (χ0v) is 11.2. The second-order valence-corrected chi connectivity index (χ2v) is 4.52. The van der Waals surface area contributed by atoms with Crippen molar-refractivity contribution in [2.75, 3.05) is 6.61 Å². The molecule has 2 heterocycles. The number of nitrogens with one attached hydrogen (secondary N) is 1. The number of carbonyl (C=O) groups excluding carboxylic acids is 1. The number of nitrogens with zero attached hydrogens (tertiary/aromatic N) is 2. The van der Waals surface area contributed by atoms with Gasteiger partial charge in [-0.25, -0.2) is 4.98 Å². The lowest BCUT2D eigenvalue weighted by Crippen LogP contribution is -2.37. The fourth-order valence-corrected chi connectivity index (χ4v) is 1.94. The molecule has 0 aliphatic heterocycles. The lowest BCUT2D eigenvalue weighted by molar-refractivity contribution is 0.0916. The van der Waals surface area contributed by atoms with Crippen LogP contribution in [-0.2, 0) is 0 Å². The van der Waals surface area contributed by atoms with Gasteiger partial charge in [-0.3, -0.25) is 4.79 Å². The summed E-state index contributed by atoms with van der Waals surface area (Å²) in [6, 6.07) is 1.45. The van der Waals surface area contributed by atoms with Crippen molar-refractivity contribution in [3.8, 4) is 0 Å². The van der Waals surface area contributed by atoms with Crippen LogP contribution < -0.4 is 5.32 Å². The number of aromatic nitrogens is 2. The summed E-state index contributed by atoms with van der Waals surface area (Å²) in [6.07, 6.45) is 0.665. The molecule has 1 amide bonds. The molecule has 2 aromatic rings. The molecule has 1 atom stereocenters. The second-order valence-electron chi connectivity index (χ2n) is 4.52. The fourth-order valence-electron chi connectivity index (χ4n) is 1.94. The van der Waals surface area contributed by atoms with Gasteiger partial charge in [-0.15, -0.1) is 0 Å². The van der Waals surface area contributed by atoms with E-state index in [1.807, 2.05) is 6.92 Å². The van der Waals surface area contributed by atoms with Crippen molar-refractivity contribution >= 4 is 17.0 Å². The topological polar surface area (TPSA) is 88.2 Å². The summed E-state index contributed by atoms with van der Waals surface area (Å²) in [5, 5.41) is 16.4. The quantitative estimate of drug-likeness (QED) is 0.869. The summed E-state index contributed by atoms with van der Waals surface area (Å²) < 4.78 is 5.09. The molecule has 0 spiro atoms. The monoisotopic (exact) mass is 263 g/mol. The highest BCUT2D eigenvalue weighted by molar-refractivity contribution is 6.06. The smallest absolute Gasteiger partial charge is 0.258 e. The van der Waals surface area contributed by atoms with E-state index in [2.05, 4.69) is 15.5 Å². The third-order valence-corrected chi connectivity index (χ3v) is 3.04. The van der Waals surface area contributed by atoms with Crippen molar-refractivity contribution in [1.29, 1.82) is 0 Å². The van der Waals surface area contributed by atoms with Gasteiger partial charge in [0.25, 0.3) is 11.6 Å². The first-order chi connectivity index (χ1) is 9.06. The maximum atomic E-state index is 12.3. The maximum Gasteiger partial charge on any atom is 0.258 e. The first-order valence-electron chi connectivity index (χ1n) is 6.22. The number of fused-ring (bicyclic) bond motifs is 1. The number of pyridine rings is 1. The minimum Gasteiger partial charge on any atom is -0.394 e. The molecule has 0 aromatic carbocycles. The Balaban J connectivity index is 2.43. The molecule has 0 saturated heterocycles. The zero-order chi connectivity index (χ0) is 14.0. The fraction of sp³-hybridized carbons (Fsp3) is 0.462. The Kier molecular flexibility index (Phi) is 3.80. The Labute approximate surface area is 110 Å². The largest absolute Gasteiger partial charge is 0.394 e. The van der Waals surface area contributed by atoms with Crippen LogP contribution >= 0.6 is 0 Å². The van der Waals surface area contributed by atoms with E-state index in [1.165, 1.54) is 0 Å². The van der Waals surface area contributed by atoms with Gasteiger partial charge in [0.05, 0.1) is 29.3 Å². The van der Waals surface area contributed by atoms with Crippen LogP contribution in [0.25, 0.3) is 11.1 Å². The van der Waals surface area contributed by atoms with Crippen molar-refractivity contribution in [2.24, 2.45) is 0 Å². The Hall–Kier alpha value is -1.95. The molecule has 2 aromatic heterocycles. The average molecular weight is 263 g/mol. The Morgan fingerprint density at radius 2 is 2.26 bits per heavy atom. The third kappa shape index (κ3) is 2.58. The van der Waals surface area contributed by atoms with Crippen molar-refractivity contribution in [3.05, 3.63) is 23.0 Å². The van der Waals surface area contributed by atoms with Gasteiger partial charge in [-0.2, -0.15) is 0 Å². The standard InChI is InChI=1S/C13H17N3O3/c1-4-9(6-17)15-12(18)10-5-7(2)14-13-11(10)8(3)16-19-13/h5,9,17H,4,6H2,1-3H3,(H,15,18). The first kappa shape index (κ1) is 13.5. The highest BCUT2D eigenvalue weighted by Gasteiger charge is 2.19. The molecule has 0 radical (unpaired) electrons. The number of carbonyl (C=O) groups is 1. The summed E-state index contributed by atoms with van der Waals surface area (Å²) in [6.45, 7) is 5.37. The number of aliphatic hydroxyl groups is 1. The number of amides is 1. The molecule has 19 heavy (non-hydrogen) atoms. The minimum absolute atomic E-state index is 0.0853. The Bertz CT molecular complexity index is 602. The van der Waals surface area contributed by atoms with Crippen LogP contribution in [-0.4, -0.2) is 33.8 Å². The van der Waals surface area contributed by atoms with E-state index >= 15 is 0 Å². The van der Waals surface area contributed by atoms with Gasteiger partial charge in [0, 0.05) is 5.69 Å². The van der Waals surface area contributed by atoms with Crippen LogP contribution in [0, 0.1) is 13.8 Å². The predicted molar refractivity (Wildman–Crippen MR) is 69.9 cm³/mol. The molecule has 0 bridgehead atoms. The van der Waals surface area contributed by atoms with Gasteiger partial charge in [0.15, 0.2) is 0 Å². The number of hydrogen-bond acceptors (Lipinski definition) is 5. The summed E-state index contributed by atoms with van der Waals surface area (Å²) >= 11 is 0. The van der Waals surface area contributed by atoms with Crippen LogP contribution in [0.2, 0.25) is 0 Å². The zero-order valence-electron chi connectivity index (χ0n) is 11.2. The number of aryl methyl sites for hydroxylation is 2. The third-order valence-electron chi connectivity index (χ3n) is 3.04. The first-order valence-corrected chi connectivity index (χ1v) is 6.22. The number of hydrogen-bond donors (Lipinski definition) is 2. The van der Waals surface area contributed by atoms with E-state index < -0.39 is 0 Å². The van der Waals surface area contributed by atoms with Gasteiger partial charge in [0.2, 0.25) is 0 Å². The van der Waals surface area contributed by atoms with E-state index in [0.717, 1.165) is 0 Å². The molecule has 0 saturated carbocycles. The molecule has 6 heteroatoms. The SMILES string of the molecule is CCC(CO)NC(=O)c1cc(C)nc2onc(C)c12.